The van der Waals surface area contributed by atoms with Gasteiger partial charge in [0.25, 0.3) is 5.91 Å². The fourth-order valence-corrected chi connectivity index (χ4v) is 5.32. The number of benzene rings is 3. The van der Waals surface area contributed by atoms with Crippen LogP contribution in [0.15, 0.2) is 66.7 Å². The molecule has 1 saturated carbocycles. The molecular formula is C31H30N4O5. The second kappa shape index (κ2) is 10.8. The van der Waals surface area contributed by atoms with Crippen molar-refractivity contribution in [3.63, 3.8) is 0 Å². The third-order valence-corrected chi connectivity index (χ3v) is 7.56. The van der Waals surface area contributed by atoms with Gasteiger partial charge in [-0.2, -0.15) is 9.78 Å². The smallest absolute Gasteiger partial charge is 0.342 e. The third kappa shape index (κ3) is 5.10. The first-order chi connectivity index (χ1) is 19.5. The minimum atomic E-state index is -0.331. The van der Waals surface area contributed by atoms with E-state index < -0.39 is 0 Å². The number of nitrogens with zero attached hydrogens (tertiary/aromatic N) is 2. The average molecular weight is 539 g/mol. The number of ether oxygens (including phenoxy) is 2. The number of anilines is 1. The summed E-state index contributed by atoms with van der Waals surface area (Å²) in [6.45, 7) is 2.52. The maximum absolute atomic E-state index is 13.3. The number of aromatic hydroxyl groups is 1. The van der Waals surface area contributed by atoms with Crippen molar-refractivity contribution in [2.45, 2.75) is 45.1 Å². The highest BCUT2D eigenvalue weighted by Crippen LogP contribution is 2.38. The highest BCUT2D eigenvalue weighted by Gasteiger charge is 2.26. The first-order valence-electron chi connectivity index (χ1n) is 13.4. The molecule has 4 aromatic rings. The molecule has 204 valence electrons. The van der Waals surface area contributed by atoms with Gasteiger partial charge in [0, 0.05) is 29.3 Å². The van der Waals surface area contributed by atoms with Crippen LogP contribution in [-0.2, 0) is 6.54 Å². The number of carbonyl (C=O) groups excluding carboxylic acids is 2. The number of aryl methyl sites for hydroxylation is 1. The predicted octanol–water partition coefficient (Wildman–Crippen LogP) is 5.96. The Morgan fingerprint density at radius 3 is 2.62 bits per heavy atom. The van der Waals surface area contributed by atoms with E-state index in [0.29, 0.717) is 40.6 Å². The van der Waals surface area contributed by atoms with E-state index in [1.807, 2.05) is 37.3 Å². The van der Waals surface area contributed by atoms with Gasteiger partial charge in [0.05, 0.1) is 11.4 Å². The minimum absolute atomic E-state index is 0.00372. The summed E-state index contributed by atoms with van der Waals surface area (Å²) in [7, 11) is 0. The standard InChI is InChI=1S/C31H30N4O5/c1-19-6-2-3-9-22(19)17-32-31(38)35-26(20-7-4-5-8-20)16-25(34-35)24-15-23(11-12-27(24)36)33-30(37)21-10-13-28-29(14-21)40-18-39-28/h2-3,6,9-16,20,36H,4-5,7-8,17-18H2,1H3,(H,32,38)(H,33,37). The van der Waals surface area contributed by atoms with Crippen LogP contribution in [-0.4, -0.2) is 33.6 Å². The Morgan fingerprint density at radius 1 is 1.00 bits per heavy atom. The molecule has 3 N–H and O–H groups in total. The van der Waals surface area contributed by atoms with Crippen molar-refractivity contribution in [3.05, 3.63) is 89.1 Å². The molecule has 1 fully saturated rings. The lowest BCUT2D eigenvalue weighted by molar-refractivity contribution is 0.102. The molecule has 9 heteroatoms. The van der Waals surface area contributed by atoms with Crippen LogP contribution in [0.1, 0.15) is 58.8 Å². The number of aromatic nitrogens is 2. The fourth-order valence-electron chi connectivity index (χ4n) is 5.32. The van der Waals surface area contributed by atoms with Gasteiger partial charge in [-0.05, 0) is 73.4 Å². The molecule has 1 aromatic heterocycles. The summed E-state index contributed by atoms with van der Waals surface area (Å²) < 4.78 is 12.1. The first-order valence-corrected chi connectivity index (χ1v) is 13.4. The van der Waals surface area contributed by atoms with Gasteiger partial charge in [0.15, 0.2) is 11.5 Å². The monoisotopic (exact) mass is 538 g/mol. The largest absolute Gasteiger partial charge is 0.507 e. The zero-order valence-electron chi connectivity index (χ0n) is 22.1. The fraction of sp³-hybridized carbons (Fsp3) is 0.258. The van der Waals surface area contributed by atoms with Gasteiger partial charge >= 0.3 is 6.03 Å². The van der Waals surface area contributed by atoms with E-state index in [4.69, 9.17) is 9.47 Å². The van der Waals surface area contributed by atoms with Gasteiger partial charge in [0.1, 0.15) is 5.75 Å². The highest BCUT2D eigenvalue weighted by molar-refractivity contribution is 6.05. The summed E-state index contributed by atoms with van der Waals surface area (Å²) in [5, 5.41) is 21.2. The predicted molar refractivity (Wildman–Crippen MR) is 150 cm³/mol. The number of phenolic OH excluding ortho intramolecular Hbond substituents is 1. The quantitative estimate of drug-likeness (QED) is 0.261. The van der Waals surface area contributed by atoms with Crippen LogP contribution in [0, 0.1) is 6.92 Å². The molecule has 2 aliphatic rings. The van der Waals surface area contributed by atoms with Crippen LogP contribution in [0.2, 0.25) is 0 Å². The highest BCUT2D eigenvalue weighted by atomic mass is 16.7. The Bertz CT molecular complexity index is 1590. The van der Waals surface area contributed by atoms with E-state index in [0.717, 1.165) is 42.5 Å². The molecular weight excluding hydrogens is 508 g/mol. The molecule has 0 unspecified atom stereocenters. The van der Waals surface area contributed by atoms with E-state index in [2.05, 4.69) is 15.7 Å². The van der Waals surface area contributed by atoms with Gasteiger partial charge in [0.2, 0.25) is 6.79 Å². The Labute approximate surface area is 231 Å². The van der Waals surface area contributed by atoms with Crippen molar-refractivity contribution < 1.29 is 24.2 Å². The molecule has 2 amide bonds. The summed E-state index contributed by atoms with van der Waals surface area (Å²) >= 11 is 0. The molecule has 6 rings (SSSR count). The van der Waals surface area contributed by atoms with Crippen LogP contribution in [0.3, 0.4) is 0 Å². The molecule has 9 nitrogen and oxygen atoms in total. The van der Waals surface area contributed by atoms with Crippen LogP contribution >= 0.6 is 0 Å². The Hall–Kier alpha value is -4.79. The summed E-state index contributed by atoms with van der Waals surface area (Å²) in [6, 6.07) is 19.3. The SMILES string of the molecule is Cc1ccccc1CNC(=O)n1nc(-c2cc(NC(=O)c3ccc4c(c3)OCO4)ccc2O)cc1C1CCCC1. The minimum Gasteiger partial charge on any atom is -0.507 e. The second-order valence-corrected chi connectivity index (χ2v) is 10.2. The molecule has 0 spiro atoms. The summed E-state index contributed by atoms with van der Waals surface area (Å²) in [5.74, 6) is 0.998. The Morgan fingerprint density at radius 2 is 1.80 bits per heavy atom. The number of nitrogens with one attached hydrogen (secondary N) is 2. The molecule has 3 aromatic carbocycles. The lowest BCUT2D eigenvalue weighted by Gasteiger charge is -2.13. The maximum Gasteiger partial charge on any atom is 0.342 e. The summed E-state index contributed by atoms with van der Waals surface area (Å²) in [4.78, 5) is 26.3. The van der Waals surface area contributed by atoms with E-state index >= 15 is 0 Å². The topological polar surface area (TPSA) is 115 Å². The summed E-state index contributed by atoms with van der Waals surface area (Å²) in [5.41, 5.74) is 4.74. The third-order valence-electron chi connectivity index (χ3n) is 7.56. The van der Waals surface area contributed by atoms with Gasteiger partial charge < -0.3 is 25.2 Å². The summed E-state index contributed by atoms with van der Waals surface area (Å²) in [6.07, 6.45) is 4.16. The zero-order valence-corrected chi connectivity index (χ0v) is 22.1. The molecule has 40 heavy (non-hydrogen) atoms. The van der Waals surface area contributed by atoms with Crippen LogP contribution in [0.5, 0.6) is 17.2 Å². The molecule has 1 aliphatic heterocycles. The number of phenols is 1. The number of amides is 2. The molecule has 0 saturated heterocycles. The maximum atomic E-state index is 13.3. The first kappa shape index (κ1) is 25.5. The van der Waals surface area contributed by atoms with Gasteiger partial charge in [-0.15, -0.1) is 0 Å². The number of hydrogen-bond donors (Lipinski definition) is 3. The van der Waals surface area contributed by atoms with Crippen molar-refractivity contribution in [1.29, 1.82) is 0 Å². The second-order valence-electron chi connectivity index (χ2n) is 10.2. The van der Waals surface area contributed by atoms with E-state index in [9.17, 15) is 14.7 Å². The van der Waals surface area contributed by atoms with Crippen LogP contribution < -0.4 is 20.1 Å². The molecule has 2 heterocycles. The molecule has 0 atom stereocenters. The molecule has 0 bridgehead atoms. The lowest BCUT2D eigenvalue weighted by atomic mass is 10.0. The lowest BCUT2D eigenvalue weighted by Crippen LogP contribution is -2.31. The Balaban J connectivity index is 1.26. The van der Waals surface area contributed by atoms with Gasteiger partial charge in [-0.3, -0.25) is 4.79 Å². The van der Waals surface area contributed by atoms with Gasteiger partial charge in [-0.25, -0.2) is 4.79 Å². The number of rotatable bonds is 6. The van der Waals surface area contributed by atoms with Crippen molar-refractivity contribution in [3.8, 4) is 28.5 Å². The van der Waals surface area contributed by atoms with Crippen molar-refractivity contribution in [2.24, 2.45) is 0 Å². The number of hydrogen-bond acceptors (Lipinski definition) is 6. The zero-order chi connectivity index (χ0) is 27.6. The van der Waals surface area contributed by atoms with Crippen molar-refractivity contribution >= 4 is 17.6 Å². The van der Waals surface area contributed by atoms with E-state index in [1.54, 1.807) is 30.3 Å². The average Bonchev–Trinajstić information content (AvgIpc) is 3.74. The Kier molecular flexibility index (Phi) is 6.86. The molecule has 0 radical (unpaired) electrons. The van der Waals surface area contributed by atoms with Gasteiger partial charge in [-0.1, -0.05) is 37.1 Å². The van der Waals surface area contributed by atoms with Crippen LogP contribution in [0.4, 0.5) is 10.5 Å². The van der Waals surface area contributed by atoms with Crippen molar-refractivity contribution in [2.75, 3.05) is 12.1 Å². The number of carbonyl (C=O) groups is 2. The van der Waals surface area contributed by atoms with E-state index in [1.165, 1.54) is 10.7 Å². The number of fused-ring (bicyclic) bond motifs is 1. The molecule has 1 aliphatic carbocycles. The normalized spacial score (nSPS) is 14.3. The van der Waals surface area contributed by atoms with Crippen molar-refractivity contribution in [1.82, 2.24) is 15.1 Å². The van der Waals surface area contributed by atoms with E-state index in [-0.39, 0.29) is 30.4 Å². The van der Waals surface area contributed by atoms with Crippen LogP contribution in [0.25, 0.3) is 11.3 Å².